The fraction of sp³-hybridized carbons (Fsp3) is 0.692. The molecular formula is C13H22N2O3. The second-order valence-corrected chi connectivity index (χ2v) is 4.61. The monoisotopic (exact) mass is 254 g/mol. The van der Waals surface area contributed by atoms with Crippen LogP contribution in [0.25, 0.3) is 0 Å². The molecule has 0 spiro atoms. The van der Waals surface area contributed by atoms with Crippen LogP contribution < -0.4 is 0 Å². The average Bonchev–Trinajstić information content (AvgIpc) is 2.81. The van der Waals surface area contributed by atoms with Gasteiger partial charge in [0.2, 0.25) is 5.91 Å². The zero-order valence-corrected chi connectivity index (χ0v) is 11.2. The third-order valence-electron chi connectivity index (χ3n) is 3.09. The Kier molecular flexibility index (Phi) is 5.85. The Hall–Kier alpha value is -1.36. The molecular weight excluding hydrogens is 232 g/mol. The fourth-order valence-corrected chi connectivity index (χ4v) is 2.12. The van der Waals surface area contributed by atoms with E-state index >= 15 is 0 Å². The molecule has 5 heteroatoms. The van der Waals surface area contributed by atoms with Gasteiger partial charge in [-0.15, -0.1) is 0 Å². The molecule has 0 aliphatic heterocycles. The maximum Gasteiger partial charge on any atom is 0.304 e. The second kappa shape index (κ2) is 7.16. The van der Waals surface area contributed by atoms with E-state index in [1.54, 1.807) is 11.9 Å². The van der Waals surface area contributed by atoms with Crippen molar-refractivity contribution in [1.82, 2.24) is 9.80 Å². The molecule has 0 aromatic rings. The summed E-state index contributed by atoms with van der Waals surface area (Å²) in [6.45, 7) is 3.32. The molecule has 0 unspecified atom stereocenters. The Morgan fingerprint density at radius 2 is 2.17 bits per heavy atom. The van der Waals surface area contributed by atoms with E-state index in [0.29, 0.717) is 13.1 Å². The van der Waals surface area contributed by atoms with Crippen molar-refractivity contribution in [3.63, 3.8) is 0 Å². The van der Waals surface area contributed by atoms with Crippen molar-refractivity contribution < 1.29 is 14.7 Å². The van der Waals surface area contributed by atoms with Crippen LogP contribution in [0.15, 0.2) is 11.8 Å². The highest BCUT2D eigenvalue weighted by molar-refractivity contribution is 5.80. The highest BCUT2D eigenvalue weighted by Crippen LogP contribution is 2.21. The Labute approximate surface area is 108 Å². The minimum Gasteiger partial charge on any atom is -0.481 e. The van der Waals surface area contributed by atoms with Crippen LogP contribution in [0.1, 0.15) is 32.6 Å². The largest absolute Gasteiger partial charge is 0.481 e. The molecule has 1 rings (SSSR count). The van der Waals surface area contributed by atoms with E-state index in [1.807, 2.05) is 11.8 Å². The number of amides is 1. The lowest BCUT2D eigenvalue weighted by Gasteiger charge is -2.25. The van der Waals surface area contributed by atoms with Crippen LogP contribution in [-0.4, -0.2) is 53.5 Å². The zero-order chi connectivity index (χ0) is 13.5. The van der Waals surface area contributed by atoms with Gasteiger partial charge >= 0.3 is 5.97 Å². The van der Waals surface area contributed by atoms with Gasteiger partial charge in [0.25, 0.3) is 0 Å². The normalized spacial score (nSPS) is 14.7. The van der Waals surface area contributed by atoms with Crippen molar-refractivity contribution in [3.8, 4) is 0 Å². The molecule has 1 aliphatic rings. The molecule has 18 heavy (non-hydrogen) atoms. The number of nitrogens with zero attached hydrogens (tertiary/aromatic N) is 2. The van der Waals surface area contributed by atoms with Crippen LogP contribution in [0.4, 0.5) is 0 Å². The zero-order valence-electron chi connectivity index (χ0n) is 11.2. The third-order valence-corrected chi connectivity index (χ3v) is 3.09. The topological polar surface area (TPSA) is 60.9 Å². The second-order valence-electron chi connectivity index (χ2n) is 4.61. The number of carboxylic acids is 1. The van der Waals surface area contributed by atoms with Gasteiger partial charge in [0.1, 0.15) is 0 Å². The van der Waals surface area contributed by atoms with Gasteiger partial charge in [-0.25, -0.2) is 0 Å². The van der Waals surface area contributed by atoms with Crippen LogP contribution >= 0.6 is 0 Å². The molecule has 1 N–H and O–H groups in total. The number of likely N-dealkylation sites (N-methyl/N-ethyl adjacent to an activating group) is 2. The van der Waals surface area contributed by atoms with Gasteiger partial charge in [-0.1, -0.05) is 6.08 Å². The van der Waals surface area contributed by atoms with Crippen LogP contribution in [0.5, 0.6) is 0 Å². The molecule has 0 saturated carbocycles. The summed E-state index contributed by atoms with van der Waals surface area (Å²) >= 11 is 0. The summed E-state index contributed by atoms with van der Waals surface area (Å²) in [5.41, 5.74) is 1.12. The summed E-state index contributed by atoms with van der Waals surface area (Å²) in [6, 6.07) is 0. The predicted octanol–water partition coefficient (Wildman–Crippen LogP) is 1.31. The first-order chi connectivity index (χ1) is 8.54. The molecule has 0 fully saturated rings. The summed E-state index contributed by atoms with van der Waals surface area (Å²) in [5.74, 6) is -0.779. The molecule has 0 bridgehead atoms. The Balaban J connectivity index is 2.44. The molecule has 0 atom stereocenters. The maximum atomic E-state index is 12.1. The van der Waals surface area contributed by atoms with E-state index in [9.17, 15) is 9.59 Å². The first kappa shape index (κ1) is 14.7. The van der Waals surface area contributed by atoms with Gasteiger partial charge in [-0.3, -0.25) is 14.5 Å². The van der Waals surface area contributed by atoms with Crippen molar-refractivity contribution in [3.05, 3.63) is 11.8 Å². The highest BCUT2D eigenvalue weighted by Gasteiger charge is 2.19. The number of carbonyl (C=O) groups is 2. The van der Waals surface area contributed by atoms with Crippen molar-refractivity contribution in [2.75, 3.05) is 26.7 Å². The third kappa shape index (κ3) is 4.49. The SMILES string of the molecule is CCN(C(=O)CN(C)CCC(=O)O)C1=CCCC1. The van der Waals surface area contributed by atoms with E-state index in [2.05, 4.69) is 6.08 Å². The Morgan fingerprint density at radius 1 is 1.44 bits per heavy atom. The molecule has 5 nitrogen and oxygen atoms in total. The number of carbonyl (C=O) groups excluding carboxylic acids is 1. The first-order valence-corrected chi connectivity index (χ1v) is 6.44. The first-order valence-electron chi connectivity index (χ1n) is 6.44. The van der Waals surface area contributed by atoms with Crippen LogP contribution in [0.2, 0.25) is 0 Å². The molecule has 0 aromatic heterocycles. The smallest absolute Gasteiger partial charge is 0.304 e. The summed E-state index contributed by atoms with van der Waals surface area (Å²) in [5, 5.41) is 8.59. The fourth-order valence-electron chi connectivity index (χ4n) is 2.12. The molecule has 1 amide bonds. The van der Waals surface area contributed by atoms with Gasteiger partial charge < -0.3 is 10.0 Å². The lowest BCUT2D eigenvalue weighted by atomic mass is 10.3. The van der Waals surface area contributed by atoms with E-state index in [4.69, 9.17) is 5.11 Å². The predicted molar refractivity (Wildman–Crippen MR) is 69.1 cm³/mol. The molecule has 102 valence electrons. The summed E-state index contributed by atoms with van der Waals surface area (Å²) in [4.78, 5) is 26.1. The number of aliphatic carboxylic acids is 1. The summed E-state index contributed by atoms with van der Waals surface area (Å²) in [6.07, 6.45) is 5.33. The maximum absolute atomic E-state index is 12.1. The molecule has 0 aromatic carbocycles. The van der Waals surface area contributed by atoms with Crippen molar-refractivity contribution >= 4 is 11.9 Å². The number of rotatable bonds is 7. The minimum absolute atomic E-state index is 0.0542. The highest BCUT2D eigenvalue weighted by atomic mass is 16.4. The van der Waals surface area contributed by atoms with Gasteiger partial charge in [0.15, 0.2) is 0 Å². The molecule has 0 radical (unpaired) electrons. The molecule has 0 saturated heterocycles. The van der Waals surface area contributed by atoms with Gasteiger partial charge in [-0.05, 0) is 33.2 Å². The van der Waals surface area contributed by atoms with Crippen LogP contribution in [0, 0.1) is 0 Å². The summed E-state index contributed by atoms with van der Waals surface area (Å²) in [7, 11) is 1.78. The lowest BCUT2D eigenvalue weighted by molar-refractivity contribution is -0.138. The van der Waals surface area contributed by atoms with E-state index in [-0.39, 0.29) is 18.9 Å². The van der Waals surface area contributed by atoms with Crippen molar-refractivity contribution in [1.29, 1.82) is 0 Å². The minimum atomic E-state index is -0.833. The van der Waals surface area contributed by atoms with Gasteiger partial charge in [-0.2, -0.15) is 0 Å². The van der Waals surface area contributed by atoms with Crippen molar-refractivity contribution in [2.45, 2.75) is 32.6 Å². The van der Waals surface area contributed by atoms with Crippen molar-refractivity contribution in [2.24, 2.45) is 0 Å². The average molecular weight is 254 g/mol. The molecule has 1 aliphatic carbocycles. The number of hydrogen-bond acceptors (Lipinski definition) is 3. The molecule has 0 heterocycles. The number of hydrogen-bond donors (Lipinski definition) is 1. The van der Waals surface area contributed by atoms with E-state index < -0.39 is 5.97 Å². The van der Waals surface area contributed by atoms with Gasteiger partial charge in [0, 0.05) is 18.8 Å². The number of carboxylic acid groups (broad SMARTS) is 1. The standard InChI is InChI=1S/C13H22N2O3/c1-3-15(11-6-4-5-7-11)12(16)10-14(2)9-8-13(17)18/h6H,3-5,7-10H2,1-2H3,(H,17,18). The van der Waals surface area contributed by atoms with Crippen LogP contribution in [0.3, 0.4) is 0 Å². The lowest BCUT2D eigenvalue weighted by Crippen LogP contribution is -2.38. The van der Waals surface area contributed by atoms with Crippen LogP contribution in [-0.2, 0) is 9.59 Å². The van der Waals surface area contributed by atoms with E-state index in [0.717, 1.165) is 25.0 Å². The Bertz CT molecular complexity index is 339. The van der Waals surface area contributed by atoms with E-state index in [1.165, 1.54) is 0 Å². The summed E-state index contributed by atoms with van der Waals surface area (Å²) < 4.78 is 0. The quantitative estimate of drug-likeness (QED) is 0.744. The number of allylic oxidation sites excluding steroid dienone is 2. The Morgan fingerprint density at radius 3 is 2.67 bits per heavy atom. The van der Waals surface area contributed by atoms with Gasteiger partial charge in [0.05, 0.1) is 13.0 Å².